The standard InChI is InChI=1S/C25H37NO5SSi/c1-9-15-30-20(27)16-26-22(17(2)24(29)32-19-13-11-10-12-14-19)21(23(26)28)18(3)31-33(7,8)25(4,5)6/h9-14,17-18,21-22H,1,15-16H2,2-8H3/t17-,18-,21?,22?/m1/s1. The number of hydrogen-bond acceptors (Lipinski definition) is 6. The number of carbonyl (C=O) groups excluding carboxylic acids is 3. The van der Waals surface area contributed by atoms with E-state index < -0.39 is 32.2 Å². The summed E-state index contributed by atoms with van der Waals surface area (Å²) >= 11 is 1.16. The number of esters is 1. The highest BCUT2D eigenvalue weighted by Crippen LogP contribution is 2.42. The van der Waals surface area contributed by atoms with E-state index in [1.165, 1.54) is 11.0 Å². The van der Waals surface area contributed by atoms with Gasteiger partial charge in [-0.25, -0.2) is 0 Å². The molecule has 1 aliphatic heterocycles. The Balaban J connectivity index is 2.24. The van der Waals surface area contributed by atoms with Gasteiger partial charge in [0, 0.05) is 10.8 Å². The van der Waals surface area contributed by atoms with Crippen LogP contribution in [0.15, 0.2) is 47.9 Å². The molecule has 0 radical (unpaired) electrons. The fraction of sp³-hybridized carbons (Fsp3) is 0.560. The average Bonchev–Trinajstić information content (AvgIpc) is 2.72. The lowest BCUT2D eigenvalue weighted by molar-refractivity contribution is -0.174. The van der Waals surface area contributed by atoms with Crippen LogP contribution in [0.2, 0.25) is 18.1 Å². The van der Waals surface area contributed by atoms with Gasteiger partial charge >= 0.3 is 5.97 Å². The first-order valence-electron chi connectivity index (χ1n) is 11.3. The van der Waals surface area contributed by atoms with Crippen molar-refractivity contribution in [1.82, 2.24) is 4.90 Å². The third-order valence-electron chi connectivity index (χ3n) is 6.60. The van der Waals surface area contributed by atoms with Crippen molar-refractivity contribution in [3.8, 4) is 0 Å². The molecule has 2 unspecified atom stereocenters. The maximum Gasteiger partial charge on any atom is 0.325 e. The van der Waals surface area contributed by atoms with Gasteiger partial charge in [-0.15, -0.1) is 0 Å². The van der Waals surface area contributed by atoms with Crippen LogP contribution in [0.25, 0.3) is 0 Å². The van der Waals surface area contributed by atoms with Gasteiger partial charge in [-0.05, 0) is 37.2 Å². The van der Waals surface area contributed by atoms with Gasteiger partial charge in [0.2, 0.25) is 5.91 Å². The molecule has 1 aromatic carbocycles. The number of benzene rings is 1. The number of nitrogens with zero attached hydrogens (tertiary/aromatic N) is 1. The van der Waals surface area contributed by atoms with Gasteiger partial charge in [0.15, 0.2) is 13.4 Å². The second kappa shape index (κ2) is 11.0. The minimum Gasteiger partial charge on any atom is -0.460 e. The number of thioether (sulfide) groups is 1. The number of amides is 1. The molecule has 1 aromatic rings. The molecular formula is C25H37NO5SSi. The highest BCUT2D eigenvalue weighted by molar-refractivity contribution is 8.13. The van der Waals surface area contributed by atoms with E-state index in [0.29, 0.717) is 0 Å². The molecule has 0 saturated carbocycles. The Morgan fingerprint density at radius 2 is 1.82 bits per heavy atom. The molecule has 1 saturated heterocycles. The lowest BCUT2D eigenvalue weighted by Crippen LogP contribution is -2.69. The summed E-state index contributed by atoms with van der Waals surface area (Å²) in [6.45, 7) is 17.9. The maximum absolute atomic E-state index is 13.2. The third-order valence-corrected chi connectivity index (χ3v) is 12.3. The Morgan fingerprint density at radius 3 is 2.36 bits per heavy atom. The molecule has 6 nitrogen and oxygen atoms in total. The van der Waals surface area contributed by atoms with Crippen molar-refractivity contribution < 1.29 is 23.5 Å². The first-order chi connectivity index (χ1) is 15.3. The molecule has 182 valence electrons. The van der Waals surface area contributed by atoms with Crippen molar-refractivity contribution in [3.63, 3.8) is 0 Å². The van der Waals surface area contributed by atoms with Crippen molar-refractivity contribution in [1.29, 1.82) is 0 Å². The van der Waals surface area contributed by atoms with Gasteiger partial charge in [-0.3, -0.25) is 14.4 Å². The minimum atomic E-state index is -2.13. The summed E-state index contributed by atoms with van der Waals surface area (Å²) in [7, 11) is -2.13. The SMILES string of the molecule is C=CCOC(=O)CN1C(=O)C([C@@H](C)O[Si](C)(C)C(C)(C)C)C1[C@@H](C)C(=O)Sc1ccccc1. The van der Waals surface area contributed by atoms with Crippen molar-refractivity contribution in [2.45, 2.75) is 69.8 Å². The average molecular weight is 492 g/mol. The highest BCUT2D eigenvalue weighted by Gasteiger charge is 2.55. The number of hydrogen-bond donors (Lipinski definition) is 0. The predicted molar refractivity (Wildman–Crippen MR) is 134 cm³/mol. The molecule has 1 amide bonds. The van der Waals surface area contributed by atoms with E-state index in [4.69, 9.17) is 9.16 Å². The van der Waals surface area contributed by atoms with Crippen molar-refractivity contribution in [2.24, 2.45) is 11.8 Å². The van der Waals surface area contributed by atoms with Gasteiger partial charge in [-0.1, -0.05) is 70.3 Å². The number of ether oxygens (including phenoxy) is 1. The molecule has 33 heavy (non-hydrogen) atoms. The first kappa shape index (κ1) is 27.3. The molecule has 0 aliphatic carbocycles. The topological polar surface area (TPSA) is 72.9 Å². The monoisotopic (exact) mass is 491 g/mol. The Kier molecular flexibility index (Phi) is 9.13. The highest BCUT2D eigenvalue weighted by atomic mass is 32.2. The second-order valence-corrected chi connectivity index (χ2v) is 15.9. The Hall–Kier alpha value is -1.90. The summed E-state index contributed by atoms with van der Waals surface area (Å²) in [6, 6.07) is 8.99. The van der Waals surface area contributed by atoms with E-state index in [1.54, 1.807) is 0 Å². The fourth-order valence-electron chi connectivity index (χ4n) is 3.73. The molecule has 1 fully saturated rings. The van der Waals surface area contributed by atoms with Crippen LogP contribution in [0.4, 0.5) is 0 Å². The van der Waals surface area contributed by atoms with E-state index in [-0.39, 0.29) is 35.3 Å². The zero-order chi connectivity index (χ0) is 25.0. The summed E-state index contributed by atoms with van der Waals surface area (Å²) in [6.07, 6.45) is 1.12. The summed E-state index contributed by atoms with van der Waals surface area (Å²) in [4.78, 5) is 40.8. The van der Waals surface area contributed by atoms with Crippen molar-refractivity contribution >= 4 is 37.1 Å². The van der Waals surface area contributed by atoms with Crippen LogP contribution in [0.3, 0.4) is 0 Å². The number of β-lactam (4-membered cyclic amide) rings is 1. The van der Waals surface area contributed by atoms with Crippen LogP contribution in [-0.2, 0) is 23.5 Å². The molecule has 2 rings (SSSR count). The second-order valence-electron chi connectivity index (χ2n) is 10.1. The van der Waals surface area contributed by atoms with E-state index in [9.17, 15) is 14.4 Å². The molecule has 1 aliphatic rings. The summed E-state index contributed by atoms with van der Waals surface area (Å²) < 4.78 is 11.6. The van der Waals surface area contributed by atoms with Gasteiger partial charge in [0.25, 0.3) is 0 Å². The molecule has 0 aromatic heterocycles. The zero-order valence-electron chi connectivity index (χ0n) is 20.8. The van der Waals surface area contributed by atoms with Crippen molar-refractivity contribution in [2.75, 3.05) is 13.2 Å². The molecule has 8 heteroatoms. The number of carbonyl (C=O) groups is 3. The molecule has 0 spiro atoms. The van der Waals surface area contributed by atoms with Gasteiger partial charge < -0.3 is 14.1 Å². The van der Waals surface area contributed by atoms with E-state index in [0.717, 1.165) is 16.7 Å². The van der Waals surface area contributed by atoms with Crippen LogP contribution in [0, 0.1) is 11.8 Å². The number of rotatable bonds is 10. The zero-order valence-corrected chi connectivity index (χ0v) is 22.6. The fourth-order valence-corrected chi connectivity index (χ4v) is 6.01. The smallest absolute Gasteiger partial charge is 0.325 e. The lowest BCUT2D eigenvalue weighted by atomic mass is 9.77. The Morgan fingerprint density at radius 1 is 1.21 bits per heavy atom. The predicted octanol–water partition coefficient (Wildman–Crippen LogP) is 4.91. The van der Waals surface area contributed by atoms with Gasteiger partial charge in [-0.2, -0.15) is 0 Å². The normalized spacial score (nSPS) is 20.6. The molecule has 1 heterocycles. The number of likely N-dealkylation sites (tertiary alicyclic amines) is 1. The van der Waals surface area contributed by atoms with Crippen LogP contribution in [0.5, 0.6) is 0 Å². The van der Waals surface area contributed by atoms with Crippen LogP contribution < -0.4 is 0 Å². The first-order valence-corrected chi connectivity index (χ1v) is 15.0. The minimum absolute atomic E-state index is 0.0116. The largest absolute Gasteiger partial charge is 0.460 e. The van der Waals surface area contributed by atoms with Crippen molar-refractivity contribution in [3.05, 3.63) is 43.0 Å². The van der Waals surface area contributed by atoms with E-state index in [1.807, 2.05) is 44.2 Å². The van der Waals surface area contributed by atoms with Gasteiger partial charge in [0.05, 0.1) is 18.1 Å². The Labute approximate surface area is 203 Å². The lowest BCUT2D eigenvalue weighted by Gasteiger charge is -2.52. The quantitative estimate of drug-likeness (QED) is 0.152. The maximum atomic E-state index is 13.2. The van der Waals surface area contributed by atoms with Crippen LogP contribution in [-0.4, -0.2) is 55.5 Å². The molecular weight excluding hydrogens is 454 g/mol. The molecule has 0 bridgehead atoms. The molecule has 0 N–H and O–H groups in total. The molecule has 4 atom stereocenters. The van der Waals surface area contributed by atoms with Crippen LogP contribution >= 0.6 is 11.8 Å². The van der Waals surface area contributed by atoms with E-state index >= 15 is 0 Å². The van der Waals surface area contributed by atoms with Crippen LogP contribution in [0.1, 0.15) is 34.6 Å². The van der Waals surface area contributed by atoms with E-state index in [2.05, 4.69) is 40.4 Å². The van der Waals surface area contributed by atoms with Gasteiger partial charge in [0.1, 0.15) is 13.2 Å². The third kappa shape index (κ3) is 6.58. The summed E-state index contributed by atoms with van der Waals surface area (Å²) in [5, 5.41) is -0.0600. The summed E-state index contributed by atoms with van der Waals surface area (Å²) in [5.74, 6) is -1.65. The Bertz CT molecular complexity index is 867. The summed E-state index contributed by atoms with van der Waals surface area (Å²) in [5.41, 5.74) is 0.